The Labute approximate surface area is 95.2 Å². The van der Waals surface area contributed by atoms with Crippen molar-refractivity contribution in [3.05, 3.63) is 26.9 Å². The van der Waals surface area contributed by atoms with Gasteiger partial charge in [-0.25, -0.2) is 4.98 Å². The molecule has 13 heavy (non-hydrogen) atoms. The second kappa shape index (κ2) is 4.53. The van der Waals surface area contributed by atoms with Crippen LogP contribution in [-0.2, 0) is 0 Å². The minimum absolute atomic E-state index is 0.0527. The van der Waals surface area contributed by atoms with E-state index < -0.39 is 0 Å². The molecular formula is C9H12Br2N2. The molecule has 0 amide bonds. The number of hydrogen-bond acceptors (Lipinski definition) is 2. The van der Waals surface area contributed by atoms with Gasteiger partial charge in [0.1, 0.15) is 4.60 Å². The summed E-state index contributed by atoms with van der Waals surface area (Å²) in [5.74, 6) is 0.426. The van der Waals surface area contributed by atoms with Gasteiger partial charge in [0.2, 0.25) is 0 Å². The fourth-order valence-electron chi connectivity index (χ4n) is 1.00. The average Bonchev–Trinajstić information content (AvgIpc) is 2.08. The van der Waals surface area contributed by atoms with Crippen molar-refractivity contribution in [1.82, 2.24) is 4.98 Å². The minimum atomic E-state index is 0.0527. The molecule has 1 atom stereocenters. The van der Waals surface area contributed by atoms with Crippen LogP contribution in [0.25, 0.3) is 0 Å². The Hall–Kier alpha value is 0.0700. The van der Waals surface area contributed by atoms with Crippen LogP contribution in [0.4, 0.5) is 0 Å². The first kappa shape index (κ1) is 11.1. The predicted octanol–water partition coefficient (Wildman–Crippen LogP) is 3.26. The molecule has 0 aliphatic carbocycles. The van der Waals surface area contributed by atoms with Gasteiger partial charge >= 0.3 is 0 Å². The lowest BCUT2D eigenvalue weighted by atomic mass is 9.99. The summed E-state index contributed by atoms with van der Waals surface area (Å²) in [6.07, 6.45) is 1.81. The number of rotatable bonds is 2. The lowest BCUT2D eigenvalue weighted by Crippen LogP contribution is -2.16. The summed E-state index contributed by atoms with van der Waals surface area (Å²) in [4.78, 5) is 4.17. The van der Waals surface area contributed by atoms with Crippen LogP contribution in [0.15, 0.2) is 21.3 Å². The molecule has 0 aliphatic rings. The molecule has 1 aromatic rings. The van der Waals surface area contributed by atoms with Crippen LogP contribution < -0.4 is 5.73 Å². The zero-order valence-electron chi connectivity index (χ0n) is 7.59. The largest absolute Gasteiger partial charge is 0.324 e. The molecule has 0 saturated heterocycles. The van der Waals surface area contributed by atoms with Crippen molar-refractivity contribution in [2.45, 2.75) is 19.9 Å². The third-order valence-electron chi connectivity index (χ3n) is 1.92. The summed E-state index contributed by atoms with van der Waals surface area (Å²) in [6, 6.07) is 2.05. The Morgan fingerprint density at radius 1 is 1.38 bits per heavy atom. The van der Waals surface area contributed by atoms with Crippen LogP contribution >= 0.6 is 31.9 Å². The van der Waals surface area contributed by atoms with Crippen LogP contribution in [0.3, 0.4) is 0 Å². The SMILES string of the molecule is CC(C)[C@H](N)c1cnc(Br)c(Br)c1. The Kier molecular flexibility index (Phi) is 3.88. The van der Waals surface area contributed by atoms with Gasteiger partial charge in [0.05, 0.1) is 4.47 Å². The summed E-state index contributed by atoms with van der Waals surface area (Å²) >= 11 is 6.72. The molecule has 1 aromatic heterocycles. The smallest absolute Gasteiger partial charge is 0.120 e. The fourth-order valence-corrected chi connectivity index (χ4v) is 1.59. The summed E-state index contributed by atoms with van der Waals surface area (Å²) in [5.41, 5.74) is 7.04. The van der Waals surface area contributed by atoms with Crippen molar-refractivity contribution >= 4 is 31.9 Å². The molecule has 0 radical (unpaired) electrons. The molecule has 1 heterocycles. The minimum Gasteiger partial charge on any atom is -0.324 e. The van der Waals surface area contributed by atoms with E-state index in [9.17, 15) is 0 Å². The Bertz CT molecular complexity index is 300. The fraction of sp³-hybridized carbons (Fsp3) is 0.444. The molecule has 0 fully saturated rings. The molecule has 4 heteroatoms. The van der Waals surface area contributed by atoms with Crippen molar-refractivity contribution in [3.63, 3.8) is 0 Å². The zero-order valence-corrected chi connectivity index (χ0v) is 10.8. The number of aromatic nitrogens is 1. The van der Waals surface area contributed by atoms with Crippen molar-refractivity contribution in [2.75, 3.05) is 0 Å². The molecule has 72 valence electrons. The van der Waals surface area contributed by atoms with Gasteiger partial charge < -0.3 is 5.73 Å². The Balaban J connectivity index is 2.97. The van der Waals surface area contributed by atoms with Gasteiger partial charge in [-0.2, -0.15) is 0 Å². The second-order valence-electron chi connectivity index (χ2n) is 3.31. The van der Waals surface area contributed by atoms with Crippen LogP contribution in [-0.4, -0.2) is 4.98 Å². The first-order chi connectivity index (χ1) is 6.02. The number of nitrogens with zero attached hydrogens (tertiary/aromatic N) is 1. The summed E-state index contributed by atoms with van der Waals surface area (Å²) in [6.45, 7) is 4.20. The maximum Gasteiger partial charge on any atom is 0.120 e. The van der Waals surface area contributed by atoms with E-state index in [1.807, 2.05) is 6.07 Å². The Morgan fingerprint density at radius 3 is 2.46 bits per heavy atom. The average molecular weight is 308 g/mol. The highest BCUT2D eigenvalue weighted by molar-refractivity contribution is 9.13. The molecule has 0 saturated carbocycles. The third kappa shape index (κ3) is 2.76. The van der Waals surface area contributed by atoms with Gasteiger partial charge in [0.15, 0.2) is 0 Å². The van der Waals surface area contributed by atoms with Crippen LogP contribution in [0, 0.1) is 5.92 Å². The second-order valence-corrected chi connectivity index (χ2v) is 4.92. The normalized spacial score (nSPS) is 13.4. The molecule has 0 unspecified atom stereocenters. The number of hydrogen-bond donors (Lipinski definition) is 1. The summed E-state index contributed by atoms with van der Waals surface area (Å²) in [5, 5.41) is 0. The van der Waals surface area contributed by atoms with Gasteiger partial charge in [0, 0.05) is 12.2 Å². The quantitative estimate of drug-likeness (QED) is 0.852. The first-order valence-electron chi connectivity index (χ1n) is 4.09. The number of halogens is 2. The molecule has 2 N–H and O–H groups in total. The lowest BCUT2D eigenvalue weighted by Gasteiger charge is -2.15. The van der Waals surface area contributed by atoms with Gasteiger partial charge in [-0.3, -0.25) is 0 Å². The molecule has 0 aromatic carbocycles. The molecule has 2 nitrogen and oxygen atoms in total. The highest BCUT2D eigenvalue weighted by atomic mass is 79.9. The standard InChI is InChI=1S/C9H12Br2N2/c1-5(2)8(12)6-3-7(10)9(11)13-4-6/h3-5,8H,12H2,1-2H3/t8-/m0/s1. The van der Waals surface area contributed by atoms with Gasteiger partial charge in [0.25, 0.3) is 0 Å². The number of nitrogens with two attached hydrogens (primary N) is 1. The molecule has 0 aliphatic heterocycles. The van der Waals surface area contributed by atoms with Crippen molar-refractivity contribution < 1.29 is 0 Å². The van der Waals surface area contributed by atoms with E-state index in [1.165, 1.54) is 0 Å². The highest BCUT2D eigenvalue weighted by Crippen LogP contribution is 2.25. The molecule has 0 bridgehead atoms. The van der Waals surface area contributed by atoms with E-state index >= 15 is 0 Å². The summed E-state index contributed by atoms with van der Waals surface area (Å²) < 4.78 is 1.76. The third-order valence-corrected chi connectivity index (χ3v) is 3.69. The van der Waals surface area contributed by atoms with Gasteiger partial charge in [-0.05, 0) is 49.4 Å². The van der Waals surface area contributed by atoms with Crippen LogP contribution in [0.1, 0.15) is 25.5 Å². The maximum atomic E-state index is 5.98. The van der Waals surface area contributed by atoms with E-state index in [0.717, 1.165) is 14.6 Å². The highest BCUT2D eigenvalue weighted by Gasteiger charge is 2.11. The van der Waals surface area contributed by atoms with E-state index in [4.69, 9.17) is 5.73 Å². The van der Waals surface area contributed by atoms with E-state index in [-0.39, 0.29) is 6.04 Å². The lowest BCUT2D eigenvalue weighted by molar-refractivity contribution is 0.512. The van der Waals surface area contributed by atoms with Gasteiger partial charge in [-0.15, -0.1) is 0 Å². The molecule has 1 rings (SSSR count). The van der Waals surface area contributed by atoms with E-state index in [0.29, 0.717) is 5.92 Å². The van der Waals surface area contributed by atoms with Crippen LogP contribution in [0.2, 0.25) is 0 Å². The predicted molar refractivity (Wildman–Crippen MR) is 61.4 cm³/mol. The van der Waals surface area contributed by atoms with E-state index in [1.54, 1.807) is 6.20 Å². The van der Waals surface area contributed by atoms with Gasteiger partial charge in [-0.1, -0.05) is 13.8 Å². The van der Waals surface area contributed by atoms with E-state index in [2.05, 4.69) is 50.7 Å². The Morgan fingerprint density at radius 2 is 2.00 bits per heavy atom. The topological polar surface area (TPSA) is 38.9 Å². The monoisotopic (exact) mass is 306 g/mol. The zero-order chi connectivity index (χ0) is 10.0. The van der Waals surface area contributed by atoms with Crippen molar-refractivity contribution in [1.29, 1.82) is 0 Å². The summed E-state index contributed by atoms with van der Waals surface area (Å²) in [7, 11) is 0. The van der Waals surface area contributed by atoms with Crippen LogP contribution in [0.5, 0.6) is 0 Å². The molecular weight excluding hydrogens is 296 g/mol. The number of pyridine rings is 1. The molecule has 0 spiro atoms. The van der Waals surface area contributed by atoms with Crippen molar-refractivity contribution in [2.24, 2.45) is 11.7 Å². The maximum absolute atomic E-state index is 5.98. The first-order valence-corrected chi connectivity index (χ1v) is 5.67. The van der Waals surface area contributed by atoms with Crippen molar-refractivity contribution in [3.8, 4) is 0 Å².